The van der Waals surface area contributed by atoms with Crippen molar-refractivity contribution in [2.24, 2.45) is 0 Å². The first-order chi connectivity index (χ1) is 23.4. The largest absolute Gasteiger partial charge is 0.461 e. The van der Waals surface area contributed by atoms with Gasteiger partial charge in [-0.2, -0.15) is 14.6 Å². The fourth-order valence-corrected chi connectivity index (χ4v) is 6.94. The van der Waals surface area contributed by atoms with Crippen LogP contribution in [0.1, 0.15) is 42.1 Å². The summed E-state index contributed by atoms with van der Waals surface area (Å²) in [6, 6.07) is 21.0. The number of hydrogen-bond acceptors (Lipinski definition) is 9. The highest BCUT2D eigenvalue weighted by molar-refractivity contribution is 5.96. The van der Waals surface area contributed by atoms with Gasteiger partial charge in [0.1, 0.15) is 0 Å². The molecule has 13 heteroatoms. The number of nitrogen functional groups attached to an aromatic ring is 1. The molecule has 0 aliphatic carbocycles. The fourth-order valence-electron chi connectivity index (χ4n) is 6.94. The molecule has 48 heavy (non-hydrogen) atoms. The van der Waals surface area contributed by atoms with Gasteiger partial charge in [-0.05, 0) is 62.1 Å². The van der Waals surface area contributed by atoms with E-state index >= 15 is 0 Å². The summed E-state index contributed by atoms with van der Waals surface area (Å²) >= 11 is 0. The van der Waals surface area contributed by atoms with Crippen molar-refractivity contribution in [3.8, 4) is 11.6 Å². The Morgan fingerprint density at radius 2 is 1.62 bits per heavy atom. The fraction of sp³-hybridized carbons (Fsp3) is 0.314. The van der Waals surface area contributed by atoms with Gasteiger partial charge >= 0.3 is 0 Å². The van der Waals surface area contributed by atoms with Gasteiger partial charge in [-0.25, -0.2) is 9.67 Å². The number of aromatic nitrogens is 6. The summed E-state index contributed by atoms with van der Waals surface area (Å²) in [6.45, 7) is 5.75. The van der Waals surface area contributed by atoms with Crippen LogP contribution >= 0.6 is 0 Å². The molecule has 2 N–H and O–H groups in total. The van der Waals surface area contributed by atoms with Crippen molar-refractivity contribution in [2.45, 2.75) is 31.7 Å². The molecule has 0 saturated carbocycles. The number of benzene rings is 2. The van der Waals surface area contributed by atoms with E-state index in [0.29, 0.717) is 60.0 Å². The van der Waals surface area contributed by atoms with Crippen molar-refractivity contribution in [3.63, 3.8) is 0 Å². The van der Waals surface area contributed by atoms with Crippen molar-refractivity contribution in [3.05, 3.63) is 90.3 Å². The third-order valence-corrected chi connectivity index (χ3v) is 9.62. The summed E-state index contributed by atoms with van der Waals surface area (Å²) in [7, 11) is 0. The van der Waals surface area contributed by atoms with Crippen molar-refractivity contribution in [2.75, 3.05) is 49.9 Å². The van der Waals surface area contributed by atoms with Crippen LogP contribution in [0.15, 0.2) is 83.6 Å². The van der Waals surface area contributed by atoms with E-state index in [1.165, 1.54) is 10.9 Å². The Labute approximate surface area is 276 Å². The Hall–Kier alpha value is -5.72. The molecule has 6 aromatic rings. The van der Waals surface area contributed by atoms with Crippen molar-refractivity contribution < 1.29 is 14.0 Å². The molecule has 2 aliphatic rings. The Kier molecular flexibility index (Phi) is 7.30. The molecule has 6 heterocycles. The number of likely N-dealkylation sites (tertiary alicyclic amines) is 1. The Morgan fingerprint density at radius 1 is 0.833 bits per heavy atom. The number of amides is 2. The van der Waals surface area contributed by atoms with Crippen LogP contribution in [-0.2, 0) is 10.3 Å². The summed E-state index contributed by atoms with van der Waals surface area (Å²) in [5.41, 5.74) is 8.52. The van der Waals surface area contributed by atoms with Crippen molar-refractivity contribution in [1.82, 2.24) is 39.2 Å². The van der Waals surface area contributed by atoms with E-state index in [1.54, 1.807) is 29.3 Å². The molecule has 2 fully saturated rings. The van der Waals surface area contributed by atoms with Crippen LogP contribution in [0.5, 0.6) is 0 Å². The molecule has 13 nitrogen and oxygen atoms in total. The van der Waals surface area contributed by atoms with Gasteiger partial charge in [0.2, 0.25) is 11.8 Å². The highest BCUT2D eigenvalue weighted by Gasteiger charge is 2.43. The number of piperazine rings is 1. The van der Waals surface area contributed by atoms with Crippen LogP contribution in [0.25, 0.3) is 28.3 Å². The minimum atomic E-state index is -1.24. The van der Waals surface area contributed by atoms with Gasteiger partial charge in [-0.15, -0.1) is 5.10 Å². The lowest BCUT2D eigenvalue weighted by atomic mass is 9.90. The first-order valence-corrected chi connectivity index (χ1v) is 16.4. The zero-order valence-electron chi connectivity index (χ0n) is 26.7. The summed E-state index contributed by atoms with van der Waals surface area (Å²) in [5.74, 6) is 0.968. The molecule has 1 atom stereocenters. The summed E-state index contributed by atoms with van der Waals surface area (Å²) in [6.07, 6.45) is 6.50. The second-order valence-corrected chi connectivity index (χ2v) is 12.5. The van der Waals surface area contributed by atoms with Gasteiger partial charge < -0.3 is 24.9 Å². The Morgan fingerprint density at radius 3 is 2.38 bits per heavy atom. The second-order valence-electron chi connectivity index (χ2n) is 12.5. The second kappa shape index (κ2) is 11.8. The van der Waals surface area contributed by atoms with Gasteiger partial charge in [-0.1, -0.05) is 36.4 Å². The Bertz CT molecular complexity index is 2110. The lowest BCUT2D eigenvalue weighted by Crippen LogP contribution is -2.56. The number of anilines is 2. The molecule has 244 valence electrons. The predicted octanol–water partition coefficient (Wildman–Crippen LogP) is 4.05. The molecule has 2 saturated heterocycles. The van der Waals surface area contributed by atoms with Crippen molar-refractivity contribution >= 4 is 40.1 Å². The molecule has 2 aromatic carbocycles. The molecule has 0 bridgehead atoms. The zero-order chi connectivity index (χ0) is 32.8. The van der Waals surface area contributed by atoms with E-state index in [-0.39, 0.29) is 17.8 Å². The SMILES string of the molecule is CC(C(=O)N1CCN(c2cccc(C(=O)N3CCCCC3)c2)CC1)(c1ccccc1)n1ncc2c1nc(N)n1nc(-c3ccco3)nc21. The van der Waals surface area contributed by atoms with E-state index < -0.39 is 5.54 Å². The third-order valence-electron chi connectivity index (χ3n) is 9.62. The lowest BCUT2D eigenvalue weighted by Gasteiger charge is -2.41. The summed E-state index contributed by atoms with van der Waals surface area (Å²) < 4.78 is 8.62. The van der Waals surface area contributed by atoms with Gasteiger partial charge in [0.05, 0.1) is 17.8 Å². The molecule has 0 spiro atoms. The number of hydrogen-bond donors (Lipinski definition) is 1. The molecular weight excluding hydrogens is 608 g/mol. The highest BCUT2D eigenvalue weighted by atomic mass is 16.3. The molecule has 0 radical (unpaired) electrons. The zero-order valence-corrected chi connectivity index (χ0v) is 26.7. The number of fused-ring (bicyclic) bond motifs is 3. The van der Waals surface area contributed by atoms with E-state index in [0.717, 1.165) is 37.2 Å². The maximum atomic E-state index is 14.7. The standard InChI is InChI=1S/C35H36N10O3/c1-35(25-11-4-2-5-12-25,45-31-27(23-37-45)30-38-29(28-14-9-21-48-28)40-44(30)34(36)39-31)33(47)43-19-17-41(18-20-43)26-13-8-10-24(22-26)32(46)42-15-6-3-7-16-42/h2,4-5,8-14,21-23H,3,6-7,15-20H2,1H3,(H2,36,39). The number of carbonyl (C=O) groups excluding carboxylic acids is 2. The number of furan rings is 1. The molecule has 1 unspecified atom stereocenters. The van der Waals surface area contributed by atoms with Crippen LogP contribution in [0.3, 0.4) is 0 Å². The van der Waals surface area contributed by atoms with E-state index in [9.17, 15) is 9.59 Å². The van der Waals surface area contributed by atoms with E-state index in [2.05, 4.69) is 20.0 Å². The minimum Gasteiger partial charge on any atom is -0.461 e. The van der Waals surface area contributed by atoms with Crippen LogP contribution in [0.2, 0.25) is 0 Å². The monoisotopic (exact) mass is 644 g/mol. The quantitative estimate of drug-likeness (QED) is 0.284. The number of carbonyl (C=O) groups is 2. The van der Waals surface area contributed by atoms with Gasteiger partial charge in [-0.3, -0.25) is 9.59 Å². The van der Waals surface area contributed by atoms with E-state index in [1.807, 2.05) is 71.3 Å². The Balaban J connectivity index is 1.09. The normalized spacial score (nSPS) is 16.8. The van der Waals surface area contributed by atoms with E-state index in [4.69, 9.17) is 15.2 Å². The number of nitrogens with two attached hydrogens (primary N) is 1. The van der Waals surface area contributed by atoms with Gasteiger partial charge in [0.25, 0.3) is 11.8 Å². The molecule has 8 rings (SSSR count). The topological polar surface area (TPSA) is 144 Å². The highest BCUT2D eigenvalue weighted by Crippen LogP contribution is 2.34. The van der Waals surface area contributed by atoms with Gasteiger partial charge in [0.15, 0.2) is 22.6 Å². The number of rotatable bonds is 6. The maximum Gasteiger partial charge on any atom is 0.255 e. The lowest BCUT2D eigenvalue weighted by molar-refractivity contribution is -0.138. The van der Waals surface area contributed by atoms with Crippen LogP contribution < -0.4 is 10.6 Å². The number of nitrogens with zero attached hydrogens (tertiary/aromatic N) is 9. The first kappa shape index (κ1) is 29.7. The smallest absolute Gasteiger partial charge is 0.255 e. The molecule has 2 aliphatic heterocycles. The first-order valence-electron chi connectivity index (χ1n) is 16.4. The van der Waals surface area contributed by atoms with Crippen molar-refractivity contribution in [1.29, 1.82) is 0 Å². The predicted molar refractivity (Wildman–Crippen MR) is 180 cm³/mol. The minimum absolute atomic E-state index is 0.0882. The summed E-state index contributed by atoms with van der Waals surface area (Å²) in [5, 5.41) is 9.86. The number of piperidine rings is 1. The summed E-state index contributed by atoms with van der Waals surface area (Å²) in [4.78, 5) is 43.4. The van der Waals surface area contributed by atoms with Crippen LogP contribution in [-0.4, -0.2) is 90.2 Å². The van der Waals surface area contributed by atoms with Crippen LogP contribution in [0, 0.1) is 0 Å². The average molecular weight is 645 g/mol. The molecule has 2 amide bonds. The maximum absolute atomic E-state index is 14.7. The van der Waals surface area contributed by atoms with Gasteiger partial charge in [0, 0.05) is 50.5 Å². The molecular formula is C35H36N10O3. The van der Waals surface area contributed by atoms with Crippen LogP contribution in [0.4, 0.5) is 11.6 Å². The third kappa shape index (κ3) is 4.93. The average Bonchev–Trinajstić information content (AvgIpc) is 3.92. The molecule has 4 aromatic heterocycles.